The molecule has 0 aliphatic carbocycles. The van der Waals surface area contributed by atoms with Gasteiger partial charge in [-0.05, 0) is 18.6 Å². The lowest BCUT2D eigenvalue weighted by Crippen LogP contribution is -1.95. The van der Waals surface area contributed by atoms with Crippen LogP contribution in [0, 0.1) is 17.7 Å². The zero-order chi connectivity index (χ0) is 13.7. The van der Waals surface area contributed by atoms with E-state index >= 15 is 0 Å². The van der Waals surface area contributed by atoms with Gasteiger partial charge in [-0.25, -0.2) is 20.4 Å². The van der Waals surface area contributed by atoms with Crippen molar-refractivity contribution in [2.24, 2.45) is 0 Å². The van der Waals surface area contributed by atoms with Crippen LogP contribution < -0.4 is 0 Å². The Kier molecular flexibility index (Phi) is 11.3. The quantitative estimate of drug-likeness (QED) is 0.353. The predicted octanol–water partition coefficient (Wildman–Crippen LogP) is 2.17. The summed E-state index contributed by atoms with van der Waals surface area (Å²) in [6.07, 6.45) is 2.84. The first kappa shape index (κ1) is 16.8. The van der Waals surface area contributed by atoms with Crippen LogP contribution in [0.3, 0.4) is 0 Å². The van der Waals surface area contributed by atoms with Crippen LogP contribution in [0.4, 0.5) is 0 Å². The van der Waals surface area contributed by atoms with Gasteiger partial charge in [0.15, 0.2) is 5.78 Å². The van der Waals surface area contributed by atoms with E-state index in [0.29, 0.717) is 0 Å². The van der Waals surface area contributed by atoms with Gasteiger partial charge >= 0.3 is 0 Å². The number of allylic oxidation sites excluding steroid dienone is 1. The molecule has 2 N–H and O–H groups in total. The highest BCUT2D eigenvalue weighted by molar-refractivity contribution is 6.05. The zero-order valence-corrected chi connectivity index (χ0v) is 9.32. The highest BCUT2D eigenvalue weighted by Gasteiger charge is 2.01. The van der Waals surface area contributed by atoms with Crippen molar-refractivity contribution in [1.82, 2.24) is 0 Å². The third-order valence-electron chi connectivity index (χ3n) is 1.60. The summed E-state index contributed by atoms with van der Waals surface area (Å²) in [5.74, 6) is -0.0110. The molecule has 88 valence electrons. The van der Waals surface area contributed by atoms with Crippen molar-refractivity contribution < 1.29 is 14.4 Å². The fraction of sp³-hybridized carbons (Fsp3) is 0.0833. The lowest BCUT2D eigenvalue weighted by Gasteiger charge is -1.98. The molecule has 17 heavy (non-hydrogen) atoms. The number of hydrogen-bond donors (Lipinski definition) is 2. The third-order valence-corrected chi connectivity index (χ3v) is 1.60. The number of isocyanates is 2. The van der Waals surface area contributed by atoms with Crippen molar-refractivity contribution >= 4 is 17.9 Å². The Hall–Kier alpha value is -2.61. The second-order valence-electron chi connectivity index (χ2n) is 2.59. The Labute approximate surface area is 98.8 Å². The number of carbonyl (C=O) groups is 1. The summed E-state index contributed by atoms with van der Waals surface area (Å²) in [7, 11) is 0. The second kappa shape index (κ2) is 11.5. The lowest BCUT2D eigenvalue weighted by atomic mass is 10.1. The molecule has 0 radical (unpaired) electrons. The summed E-state index contributed by atoms with van der Waals surface area (Å²) in [6, 6.07) is 7.48. The van der Waals surface area contributed by atoms with Gasteiger partial charge in [-0.2, -0.15) is 0 Å². The van der Waals surface area contributed by atoms with Crippen LogP contribution in [0.25, 0.3) is 0 Å². The summed E-state index contributed by atoms with van der Waals surface area (Å²) in [4.78, 5) is 27.8. The van der Waals surface area contributed by atoms with Crippen LogP contribution in [0.1, 0.15) is 15.9 Å². The minimum absolute atomic E-state index is 0.0110. The highest BCUT2D eigenvalue weighted by atomic mass is 16.1. The van der Waals surface area contributed by atoms with Crippen LogP contribution in [0.15, 0.2) is 36.9 Å². The molecule has 0 aromatic heterocycles. The number of hydrogen-bond acceptors (Lipinski definition) is 5. The molecule has 5 heteroatoms. The van der Waals surface area contributed by atoms with Crippen molar-refractivity contribution in [1.29, 1.82) is 10.8 Å². The molecule has 0 atom stereocenters. The van der Waals surface area contributed by atoms with Crippen molar-refractivity contribution in [2.45, 2.75) is 6.92 Å². The maximum atomic E-state index is 11.1. The molecule has 0 saturated heterocycles. The lowest BCUT2D eigenvalue weighted by molar-refractivity contribution is 0.104. The first-order chi connectivity index (χ1) is 8.08. The molecule has 1 rings (SSSR count). The first-order valence-corrected chi connectivity index (χ1v) is 4.39. The Balaban J connectivity index is 0. The van der Waals surface area contributed by atoms with Crippen LogP contribution in [0.2, 0.25) is 0 Å². The number of carbonyl (C=O) groups excluding carboxylic acids is 3. The van der Waals surface area contributed by atoms with Crippen molar-refractivity contribution in [2.75, 3.05) is 0 Å². The molecule has 0 heterocycles. The summed E-state index contributed by atoms with van der Waals surface area (Å²) < 4.78 is 0. The molecule has 0 aliphatic heterocycles. The molecular weight excluding hydrogens is 220 g/mol. The summed E-state index contributed by atoms with van der Waals surface area (Å²) in [6.45, 7) is 5.34. The standard InChI is InChI=1S/C10H10O.2CHNO/c1-3-10(11)9-7-5-4-6-8(9)2;2*2-1-3/h3-7H,1H2,2H3;2*2H. The topological polar surface area (TPSA) is 98.9 Å². The molecule has 1 aromatic carbocycles. The van der Waals surface area contributed by atoms with Crippen molar-refractivity contribution in [3.05, 3.63) is 48.0 Å². The van der Waals surface area contributed by atoms with E-state index in [1.165, 1.54) is 6.08 Å². The van der Waals surface area contributed by atoms with E-state index in [1.807, 2.05) is 25.1 Å². The van der Waals surface area contributed by atoms with E-state index in [2.05, 4.69) is 6.58 Å². The smallest absolute Gasteiger partial charge is 0.231 e. The van der Waals surface area contributed by atoms with Gasteiger partial charge in [0, 0.05) is 5.56 Å². The number of aryl methyl sites for hydroxylation is 1. The van der Waals surface area contributed by atoms with Gasteiger partial charge in [0.1, 0.15) is 0 Å². The Morgan fingerprint density at radius 2 is 1.65 bits per heavy atom. The largest absolute Gasteiger partial charge is 0.289 e. The van der Waals surface area contributed by atoms with E-state index in [-0.39, 0.29) is 5.78 Å². The maximum Gasteiger partial charge on any atom is 0.231 e. The van der Waals surface area contributed by atoms with E-state index in [9.17, 15) is 4.79 Å². The molecule has 0 spiro atoms. The minimum Gasteiger partial charge on any atom is -0.289 e. The van der Waals surface area contributed by atoms with E-state index < -0.39 is 0 Å². The van der Waals surface area contributed by atoms with Crippen LogP contribution in [-0.2, 0) is 9.59 Å². The van der Waals surface area contributed by atoms with Gasteiger partial charge in [0.25, 0.3) is 0 Å². The SMILES string of the molecule is C=CC(=O)c1ccccc1C.N=C=O.N=C=O. The van der Waals surface area contributed by atoms with E-state index in [4.69, 9.17) is 20.4 Å². The highest BCUT2D eigenvalue weighted by Crippen LogP contribution is 2.07. The van der Waals surface area contributed by atoms with Crippen LogP contribution in [0.5, 0.6) is 0 Å². The summed E-state index contributed by atoms with van der Waals surface area (Å²) in [5, 5.41) is 10.8. The normalized spacial score (nSPS) is 6.88. The van der Waals surface area contributed by atoms with Gasteiger partial charge in [-0.15, -0.1) is 0 Å². The predicted molar refractivity (Wildman–Crippen MR) is 62.5 cm³/mol. The number of benzene rings is 1. The van der Waals surface area contributed by atoms with Gasteiger partial charge < -0.3 is 0 Å². The maximum absolute atomic E-state index is 11.1. The van der Waals surface area contributed by atoms with Gasteiger partial charge in [0.05, 0.1) is 0 Å². The molecule has 5 nitrogen and oxygen atoms in total. The number of ketones is 1. The summed E-state index contributed by atoms with van der Waals surface area (Å²) in [5.41, 5.74) is 1.74. The van der Waals surface area contributed by atoms with Gasteiger partial charge in [-0.3, -0.25) is 4.79 Å². The molecular formula is C12H12N2O3. The molecule has 0 bridgehead atoms. The Morgan fingerprint density at radius 3 is 2.00 bits per heavy atom. The molecule has 1 aromatic rings. The Morgan fingerprint density at radius 1 is 1.24 bits per heavy atom. The Bertz CT molecular complexity index is 429. The van der Waals surface area contributed by atoms with Crippen LogP contribution >= 0.6 is 0 Å². The van der Waals surface area contributed by atoms with Gasteiger partial charge in [-0.1, -0.05) is 30.8 Å². The first-order valence-electron chi connectivity index (χ1n) is 4.39. The average molecular weight is 232 g/mol. The minimum atomic E-state index is -0.0110. The molecule has 0 aliphatic rings. The molecule has 0 fully saturated rings. The van der Waals surface area contributed by atoms with E-state index in [1.54, 1.807) is 6.07 Å². The van der Waals surface area contributed by atoms with Crippen molar-refractivity contribution in [3.63, 3.8) is 0 Å². The molecule has 0 saturated carbocycles. The van der Waals surface area contributed by atoms with Gasteiger partial charge in [0.2, 0.25) is 12.2 Å². The monoisotopic (exact) mass is 232 g/mol. The number of nitrogens with one attached hydrogen (secondary N) is 2. The second-order valence-corrected chi connectivity index (χ2v) is 2.59. The number of rotatable bonds is 2. The zero-order valence-electron chi connectivity index (χ0n) is 9.32. The van der Waals surface area contributed by atoms with Crippen molar-refractivity contribution in [3.8, 4) is 0 Å². The summed E-state index contributed by atoms with van der Waals surface area (Å²) >= 11 is 0. The van der Waals surface area contributed by atoms with Crippen LogP contribution in [-0.4, -0.2) is 17.9 Å². The fourth-order valence-electron chi connectivity index (χ4n) is 0.959. The average Bonchev–Trinajstić information content (AvgIpc) is 2.31. The molecule has 0 unspecified atom stereocenters. The fourth-order valence-corrected chi connectivity index (χ4v) is 0.959. The molecule has 0 amide bonds. The van der Waals surface area contributed by atoms with E-state index in [0.717, 1.165) is 23.3 Å². The third kappa shape index (κ3) is 8.39.